The first-order chi connectivity index (χ1) is 12.7. The molecule has 6 nitrogen and oxygen atoms in total. The maximum absolute atomic E-state index is 12.1. The van der Waals surface area contributed by atoms with Crippen molar-refractivity contribution in [2.24, 2.45) is 0 Å². The van der Waals surface area contributed by atoms with Gasteiger partial charge in [-0.2, -0.15) is 0 Å². The number of fused-ring (bicyclic) bond motifs is 1. The standard InChI is InChI=1S/C15H9Cl2F3N4O2S/c16-8-5-11(17)13-22-23-14(24(13)6-8)27-7-12(25)21-9-1-3-10(4-2-9)26-15(18,19)20/h1-6H,7H2,(H,21,25). The second kappa shape index (κ2) is 7.83. The molecule has 0 unspecified atom stereocenters. The predicted molar refractivity (Wildman–Crippen MR) is 95.5 cm³/mol. The molecule has 0 fully saturated rings. The summed E-state index contributed by atoms with van der Waals surface area (Å²) in [6, 6.07) is 6.34. The van der Waals surface area contributed by atoms with Crippen molar-refractivity contribution in [3.05, 3.63) is 46.6 Å². The molecular weight excluding hydrogens is 428 g/mol. The number of hydrogen-bond donors (Lipinski definition) is 1. The topological polar surface area (TPSA) is 68.5 Å². The first-order valence-corrected chi connectivity index (χ1v) is 8.94. The summed E-state index contributed by atoms with van der Waals surface area (Å²) in [6.07, 6.45) is -3.20. The lowest BCUT2D eigenvalue weighted by Crippen LogP contribution is -2.17. The Balaban J connectivity index is 1.60. The Bertz CT molecular complexity index is 980. The van der Waals surface area contributed by atoms with Gasteiger partial charge in [0.1, 0.15) is 5.75 Å². The lowest BCUT2D eigenvalue weighted by atomic mass is 10.3. The molecule has 0 radical (unpaired) electrons. The number of alkyl halides is 3. The lowest BCUT2D eigenvalue weighted by Gasteiger charge is -2.09. The van der Waals surface area contributed by atoms with Gasteiger partial charge in [-0.05, 0) is 30.3 Å². The van der Waals surface area contributed by atoms with Crippen LogP contribution in [0.1, 0.15) is 0 Å². The number of carbonyl (C=O) groups excluding carboxylic acids is 1. The van der Waals surface area contributed by atoms with E-state index in [-0.39, 0.29) is 17.4 Å². The van der Waals surface area contributed by atoms with Gasteiger partial charge < -0.3 is 10.1 Å². The first-order valence-electron chi connectivity index (χ1n) is 7.19. The Labute approximate surface area is 164 Å². The second-order valence-corrected chi connectivity index (χ2v) is 6.88. The number of halogens is 5. The monoisotopic (exact) mass is 436 g/mol. The van der Waals surface area contributed by atoms with Crippen molar-refractivity contribution in [1.82, 2.24) is 14.6 Å². The zero-order valence-corrected chi connectivity index (χ0v) is 15.5. The van der Waals surface area contributed by atoms with Crippen LogP contribution in [0.15, 0.2) is 41.7 Å². The number of ether oxygens (including phenoxy) is 1. The van der Waals surface area contributed by atoms with Gasteiger partial charge in [-0.15, -0.1) is 23.4 Å². The zero-order valence-electron chi connectivity index (χ0n) is 13.1. The summed E-state index contributed by atoms with van der Waals surface area (Å²) in [4.78, 5) is 12.0. The highest BCUT2D eigenvalue weighted by molar-refractivity contribution is 7.99. The van der Waals surface area contributed by atoms with Crippen LogP contribution in [0.5, 0.6) is 5.75 Å². The fraction of sp³-hybridized carbons (Fsp3) is 0.133. The molecule has 0 aliphatic rings. The Morgan fingerprint density at radius 1 is 1.22 bits per heavy atom. The Hall–Kier alpha value is -2.17. The molecule has 1 amide bonds. The van der Waals surface area contributed by atoms with Gasteiger partial charge in [0, 0.05) is 11.9 Å². The Morgan fingerprint density at radius 2 is 1.93 bits per heavy atom. The van der Waals surface area contributed by atoms with Crippen molar-refractivity contribution in [3.63, 3.8) is 0 Å². The highest BCUT2D eigenvalue weighted by Crippen LogP contribution is 2.26. The Morgan fingerprint density at radius 3 is 2.59 bits per heavy atom. The van der Waals surface area contributed by atoms with Gasteiger partial charge in [0.15, 0.2) is 10.8 Å². The number of pyridine rings is 1. The van der Waals surface area contributed by atoms with Crippen molar-refractivity contribution in [3.8, 4) is 5.75 Å². The number of hydrogen-bond acceptors (Lipinski definition) is 5. The van der Waals surface area contributed by atoms with Gasteiger partial charge >= 0.3 is 6.36 Å². The van der Waals surface area contributed by atoms with E-state index >= 15 is 0 Å². The molecular formula is C15H9Cl2F3N4O2S. The van der Waals surface area contributed by atoms with E-state index < -0.39 is 6.36 Å². The average Bonchev–Trinajstić information content (AvgIpc) is 2.96. The quantitative estimate of drug-likeness (QED) is 0.588. The molecule has 2 aromatic heterocycles. The molecule has 12 heteroatoms. The number of carbonyl (C=O) groups is 1. The number of nitrogens with zero attached hydrogens (tertiary/aromatic N) is 3. The summed E-state index contributed by atoms with van der Waals surface area (Å²) in [7, 11) is 0. The van der Waals surface area contributed by atoms with Crippen molar-refractivity contribution in [2.45, 2.75) is 11.5 Å². The van der Waals surface area contributed by atoms with Crippen molar-refractivity contribution in [1.29, 1.82) is 0 Å². The van der Waals surface area contributed by atoms with E-state index in [0.717, 1.165) is 23.9 Å². The van der Waals surface area contributed by atoms with Crippen molar-refractivity contribution < 1.29 is 22.7 Å². The summed E-state index contributed by atoms with van der Waals surface area (Å²) in [5.41, 5.74) is 0.733. The molecule has 1 N–H and O–H groups in total. The second-order valence-electron chi connectivity index (χ2n) is 5.09. The lowest BCUT2D eigenvalue weighted by molar-refractivity contribution is -0.274. The number of anilines is 1. The third kappa shape index (κ3) is 5.18. The summed E-state index contributed by atoms with van der Waals surface area (Å²) >= 11 is 13.1. The molecule has 0 saturated heterocycles. The van der Waals surface area contributed by atoms with Crippen molar-refractivity contribution >= 4 is 52.2 Å². The number of benzene rings is 1. The number of thioether (sulfide) groups is 1. The molecule has 3 rings (SSSR count). The van der Waals surface area contributed by atoms with E-state index in [0.29, 0.717) is 26.5 Å². The molecule has 27 heavy (non-hydrogen) atoms. The molecule has 0 aliphatic heterocycles. The largest absolute Gasteiger partial charge is 0.573 e. The molecule has 0 bridgehead atoms. The SMILES string of the molecule is O=C(CSc1nnc2c(Cl)cc(Cl)cn12)Nc1ccc(OC(F)(F)F)cc1. The van der Waals surface area contributed by atoms with E-state index in [1.165, 1.54) is 18.2 Å². The van der Waals surface area contributed by atoms with E-state index in [4.69, 9.17) is 23.2 Å². The number of aromatic nitrogens is 3. The maximum atomic E-state index is 12.1. The fourth-order valence-corrected chi connectivity index (χ4v) is 3.29. The van der Waals surface area contributed by atoms with Crippen molar-refractivity contribution in [2.75, 3.05) is 11.1 Å². The molecule has 1 aromatic carbocycles. The molecule has 3 aromatic rings. The summed E-state index contributed by atoms with van der Waals surface area (Å²) in [6.45, 7) is 0. The van der Waals surface area contributed by atoms with E-state index in [1.807, 2.05) is 0 Å². The molecule has 0 aliphatic carbocycles. The number of nitrogens with one attached hydrogen (secondary N) is 1. The maximum Gasteiger partial charge on any atom is 0.573 e. The molecule has 142 valence electrons. The van der Waals surface area contributed by atoms with Gasteiger partial charge in [-0.3, -0.25) is 9.20 Å². The van der Waals surface area contributed by atoms with Crippen LogP contribution in [0.25, 0.3) is 5.65 Å². The molecule has 0 saturated carbocycles. The molecule has 0 spiro atoms. The van der Waals surface area contributed by atoms with Crippen LogP contribution in [-0.2, 0) is 4.79 Å². The third-order valence-electron chi connectivity index (χ3n) is 3.10. The summed E-state index contributed by atoms with van der Waals surface area (Å²) in [5, 5.41) is 11.6. The fourth-order valence-electron chi connectivity index (χ4n) is 2.07. The zero-order chi connectivity index (χ0) is 19.6. The minimum absolute atomic E-state index is 0.00821. The van der Waals surface area contributed by atoms with E-state index in [2.05, 4.69) is 20.3 Å². The van der Waals surface area contributed by atoms with E-state index in [1.54, 1.807) is 10.6 Å². The van der Waals surface area contributed by atoms with Crippen LogP contribution in [0.4, 0.5) is 18.9 Å². The average molecular weight is 437 g/mol. The number of rotatable bonds is 5. The predicted octanol–water partition coefficient (Wildman–Crippen LogP) is 4.67. The number of amides is 1. The minimum atomic E-state index is -4.77. The summed E-state index contributed by atoms with van der Waals surface area (Å²) in [5.74, 6) is -0.765. The molecule has 2 heterocycles. The highest BCUT2D eigenvalue weighted by atomic mass is 35.5. The van der Waals surface area contributed by atoms with Crippen LogP contribution >= 0.6 is 35.0 Å². The normalized spacial score (nSPS) is 11.6. The smallest absolute Gasteiger partial charge is 0.406 e. The van der Waals surface area contributed by atoms with Crippen LogP contribution in [0, 0.1) is 0 Å². The highest BCUT2D eigenvalue weighted by Gasteiger charge is 2.30. The van der Waals surface area contributed by atoms with Crippen LogP contribution in [0.3, 0.4) is 0 Å². The molecule has 0 atom stereocenters. The van der Waals surface area contributed by atoms with Gasteiger partial charge in [0.05, 0.1) is 15.8 Å². The van der Waals surface area contributed by atoms with Gasteiger partial charge in [-0.25, -0.2) is 0 Å². The van der Waals surface area contributed by atoms with Crippen LogP contribution in [-0.4, -0.2) is 32.6 Å². The Kier molecular flexibility index (Phi) is 5.68. The van der Waals surface area contributed by atoms with Gasteiger partial charge in [0.25, 0.3) is 0 Å². The van der Waals surface area contributed by atoms with Gasteiger partial charge in [0.2, 0.25) is 5.91 Å². The van der Waals surface area contributed by atoms with Crippen LogP contribution in [0.2, 0.25) is 10.0 Å². The van der Waals surface area contributed by atoms with Crippen LogP contribution < -0.4 is 10.1 Å². The minimum Gasteiger partial charge on any atom is -0.406 e. The first kappa shape index (κ1) is 19.6. The summed E-state index contributed by atoms with van der Waals surface area (Å²) < 4.78 is 41.7. The van der Waals surface area contributed by atoms with Gasteiger partial charge in [-0.1, -0.05) is 35.0 Å². The third-order valence-corrected chi connectivity index (χ3v) is 4.53. The van der Waals surface area contributed by atoms with E-state index in [9.17, 15) is 18.0 Å².